The lowest BCUT2D eigenvalue weighted by molar-refractivity contribution is 0.0962. The van der Waals surface area contributed by atoms with E-state index in [0.29, 0.717) is 17.1 Å². The second-order valence-electron chi connectivity index (χ2n) is 4.80. The van der Waals surface area contributed by atoms with Crippen LogP contribution in [0.4, 0.5) is 0 Å². The van der Waals surface area contributed by atoms with E-state index in [4.69, 9.17) is 9.47 Å². The van der Waals surface area contributed by atoms with Crippen LogP contribution in [0.1, 0.15) is 21.8 Å². The van der Waals surface area contributed by atoms with Crippen molar-refractivity contribution < 1.29 is 14.3 Å². The van der Waals surface area contributed by atoms with Crippen LogP contribution in [-0.2, 0) is 0 Å². The molecular weight excluding hydrogens is 284 g/mol. The molecule has 1 atom stereocenters. The summed E-state index contributed by atoms with van der Waals surface area (Å²) in [5.74, 6) is 1.81. The predicted molar refractivity (Wildman–Crippen MR) is 83.8 cm³/mol. The van der Waals surface area contributed by atoms with Gasteiger partial charge in [-0.1, -0.05) is 24.3 Å². The fraction of sp³-hybridized carbons (Fsp3) is 0.235. The molecule has 3 rings (SSSR count). The van der Waals surface area contributed by atoms with Crippen LogP contribution in [0.5, 0.6) is 11.5 Å². The molecule has 108 valence electrons. The molecular formula is C17H16O3S. The normalized spacial score (nSPS) is 16.4. The highest BCUT2D eigenvalue weighted by molar-refractivity contribution is 7.99. The lowest BCUT2D eigenvalue weighted by Crippen LogP contribution is -2.14. The first kappa shape index (κ1) is 14.0. The van der Waals surface area contributed by atoms with Crippen molar-refractivity contribution in [1.29, 1.82) is 0 Å². The molecule has 0 bridgehead atoms. The number of fused-ring (bicyclic) bond motifs is 1. The molecule has 2 aromatic carbocycles. The maximum Gasteiger partial charge on any atom is 0.178 e. The average Bonchev–Trinajstić information content (AvgIpc) is 2.97. The summed E-state index contributed by atoms with van der Waals surface area (Å²) in [5.41, 5.74) is 1.63. The third-order valence-electron chi connectivity index (χ3n) is 3.69. The standard InChI is InChI=1S/C17H16O3S/c1-19-13-7-5-8-14(20-2)16(13)17(18)12-10-21-15-9-4-3-6-11(12)15/h3-9,12H,10H2,1-2H3. The van der Waals surface area contributed by atoms with E-state index in [9.17, 15) is 4.79 Å². The number of hydrogen-bond acceptors (Lipinski definition) is 4. The number of rotatable bonds is 4. The third kappa shape index (κ3) is 2.40. The van der Waals surface area contributed by atoms with Crippen LogP contribution in [0.25, 0.3) is 0 Å². The van der Waals surface area contributed by atoms with E-state index >= 15 is 0 Å². The van der Waals surface area contributed by atoms with Crippen molar-refractivity contribution >= 4 is 17.5 Å². The van der Waals surface area contributed by atoms with Gasteiger partial charge in [-0.15, -0.1) is 11.8 Å². The minimum atomic E-state index is -0.142. The fourth-order valence-corrected chi connectivity index (χ4v) is 3.88. The van der Waals surface area contributed by atoms with E-state index in [1.807, 2.05) is 24.3 Å². The Morgan fingerprint density at radius 2 is 1.71 bits per heavy atom. The number of benzene rings is 2. The van der Waals surface area contributed by atoms with Crippen LogP contribution in [0.3, 0.4) is 0 Å². The van der Waals surface area contributed by atoms with E-state index in [1.54, 1.807) is 38.1 Å². The Bertz CT molecular complexity index is 659. The maximum atomic E-state index is 13.0. The van der Waals surface area contributed by atoms with E-state index in [1.165, 1.54) is 4.90 Å². The molecule has 0 fully saturated rings. The van der Waals surface area contributed by atoms with Crippen molar-refractivity contribution in [1.82, 2.24) is 0 Å². The monoisotopic (exact) mass is 300 g/mol. The fourth-order valence-electron chi connectivity index (χ4n) is 2.65. The molecule has 1 heterocycles. The van der Waals surface area contributed by atoms with Gasteiger partial charge in [0.25, 0.3) is 0 Å². The first-order chi connectivity index (χ1) is 10.3. The summed E-state index contributed by atoms with van der Waals surface area (Å²) in [6.07, 6.45) is 0. The van der Waals surface area contributed by atoms with Crippen molar-refractivity contribution in [3.63, 3.8) is 0 Å². The zero-order valence-electron chi connectivity index (χ0n) is 12.0. The smallest absolute Gasteiger partial charge is 0.178 e. The first-order valence-corrected chi connectivity index (χ1v) is 7.71. The molecule has 1 aliphatic heterocycles. The van der Waals surface area contributed by atoms with Gasteiger partial charge in [-0.05, 0) is 23.8 Å². The molecule has 2 aromatic rings. The highest BCUT2D eigenvalue weighted by Crippen LogP contribution is 2.43. The Balaban J connectivity index is 2.04. The Labute approximate surface area is 128 Å². The Morgan fingerprint density at radius 1 is 1.05 bits per heavy atom. The molecule has 0 N–H and O–H groups in total. The van der Waals surface area contributed by atoms with Crippen LogP contribution < -0.4 is 9.47 Å². The van der Waals surface area contributed by atoms with Crippen molar-refractivity contribution in [2.75, 3.05) is 20.0 Å². The third-order valence-corrected chi connectivity index (χ3v) is 4.87. The van der Waals surface area contributed by atoms with Crippen LogP contribution in [0.2, 0.25) is 0 Å². The van der Waals surface area contributed by atoms with Gasteiger partial charge in [0.05, 0.1) is 20.1 Å². The molecule has 0 aromatic heterocycles. The highest BCUT2D eigenvalue weighted by atomic mass is 32.2. The molecule has 0 radical (unpaired) electrons. The number of hydrogen-bond donors (Lipinski definition) is 0. The van der Waals surface area contributed by atoms with E-state index < -0.39 is 0 Å². The minimum absolute atomic E-state index is 0.0572. The molecule has 0 spiro atoms. The van der Waals surface area contributed by atoms with Crippen LogP contribution in [-0.4, -0.2) is 25.8 Å². The van der Waals surface area contributed by atoms with Crippen LogP contribution in [0, 0.1) is 0 Å². The number of ketones is 1. The Kier molecular flexibility index (Phi) is 3.88. The van der Waals surface area contributed by atoms with Crippen molar-refractivity contribution in [3.8, 4) is 11.5 Å². The van der Waals surface area contributed by atoms with E-state index in [0.717, 1.165) is 11.3 Å². The molecule has 0 aliphatic carbocycles. The van der Waals surface area contributed by atoms with Gasteiger partial charge in [0.15, 0.2) is 5.78 Å². The zero-order valence-corrected chi connectivity index (χ0v) is 12.8. The molecule has 0 saturated heterocycles. The van der Waals surface area contributed by atoms with Gasteiger partial charge in [0.1, 0.15) is 17.1 Å². The number of methoxy groups -OCH3 is 2. The summed E-state index contributed by atoms with van der Waals surface area (Å²) < 4.78 is 10.7. The maximum absolute atomic E-state index is 13.0. The summed E-state index contributed by atoms with van der Waals surface area (Å²) in [5, 5.41) is 0. The lowest BCUT2D eigenvalue weighted by atomic mass is 9.91. The largest absolute Gasteiger partial charge is 0.496 e. The SMILES string of the molecule is COc1cccc(OC)c1C(=O)C1CSc2ccccc21. The quantitative estimate of drug-likeness (QED) is 0.805. The highest BCUT2D eigenvalue weighted by Gasteiger charge is 2.32. The Hall–Kier alpha value is -1.94. The topological polar surface area (TPSA) is 35.5 Å². The van der Waals surface area contributed by atoms with Gasteiger partial charge in [0, 0.05) is 10.6 Å². The molecule has 0 saturated carbocycles. The molecule has 21 heavy (non-hydrogen) atoms. The lowest BCUT2D eigenvalue weighted by Gasteiger charge is -2.15. The first-order valence-electron chi connectivity index (χ1n) is 6.73. The van der Waals surface area contributed by atoms with Gasteiger partial charge in [0.2, 0.25) is 0 Å². The number of carbonyl (C=O) groups is 1. The number of ether oxygens (including phenoxy) is 2. The number of thioether (sulfide) groups is 1. The summed E-state index contributed by atoms with van der Waals surface area (Å²) in [6.45, 7) is 0. The second kappa shape index (κ2) is 5.82. The predicted octanol–water partition coefficient (Wildman–Crippen LogP) is 3.78. The van der Waals surface area contributed by atoms with E-state index in [2.05, 4.69) is 6.07 Å². The average molecular weight is 300 g/mol. The second-order valence-corrected chi connectivity index (χ2v) is 5.87. The van der Waals surface area contributed by atoms with Gasteiger partial charge < -0.3 is 9.47 Å². The molecule has 1 unspecified atom stereocenters. The van der Waals surface area contributed by atoms with E-state index in [-0.39, 0.29) is 11.7 Å². The van der Waals surface area contributed by atoms with Gasteiger partial charge >= 0.3 is 0 Å². The van der Waals surface area contributed by atoms with Crippen molar-refractivity contribution in [2.45, 2.75) is 10.8 Å². The summed E-state index contributed by atoms with van der Waals surface area (Å²) >= 11 is 1.72. The minimum Gasteiger partial charge on any atom is -0.496 e. The molecule has 4 heteroatoms. The van der Waals surface area contributed by atoms with Gasteiger partial charge in [-0.25, -0.2) is 0 Å². The molecule has 3 nitrogen and oxygen atoms in total. The van der Waals surface area contributed by atoms with Crippen LogP contribution >= 0.6 is 11.8 Å². The summed E-state index contributed by atoms with van der Waals surface area (Å²) in [6, 6.07) is 13.5. The summed E-state index contributed by atoms with van der Waals surface area (Å²) in [4.78, 5) is 14.2. The molecule has 0 amide bonds. The van der Waals surface area contributed by atoms with Crippen molar-refractivity contribution in [2.24, 2.45) is 0 Å². The van der Waals surface area contributed by atoms with Crippen LogP contribution in [0.15, 0.2) is 47.4 Å². The number of Topliss-reactive ketones (excluding diaryl/α,β-unsaturated/α-hetero) is 1. The number of carbonyl (C=O) groups excluding carboxylic acids is 1. The molecule has 1 aliphatic rings. The Morgan fingerprint density at radius 3 is 2.38 bits per heavy atom. The zero-order chi connectivity index (χ0) is 14.8. The summed E-state index contributed by atoms with van der Waals surface area (Å²) in [7, 11) is 3.14. The van der Waals surface area contributed by atoms with Gasteiger partial charge in [-0.3, -0.25) is 4.79 Å². The van der Waals surface area contributed by atoms with Crippen molar-refractivity contribution in [3.05, 3.63) is 53.6 Å². The van der Waals surface area contributed by atoms with Gasteiger partial charge in [-0.2, -0.15) is 0 Å².